The normalized spacial score (nSPS) is 12.0. The second-order valence-electron chi connectivity index (χ2n) is 5.21. The Morgan fingerprint density at radius 1 is 1.11 bits per heavy atom. The van der Waals surface area contributed by atoms with Crippen LogP contribution in [0.25, 0.3) is 0 Å². The number of carbonyl (C=O) groups excluding carboxylic acids is 1. The maximum absolute atomic E-state index is 14.1. The fraction of sp³-hybridized carbons (Fsp3) is 0.133. The first kappa shape index (κ1) is 20.9. The number of hydrogen-bond acceptors (Lipinski definition) is 4. The first-order valence-electron chi connectivity index (χ1n) is 6.83. The minimum absolute atomic E-state index is 0.450. The number of alkyl halides is 3. The highest BCUT2D eigenvalue weighted by molar-refractivity contribution is 7.89. The average Bonchev–Trinajstić information content (AvgIpc) is 2.49. The molecule has 0 radical (unpaired) electrons. The standard InChI is InChI=1S/C15H9ClF5NO4S/c1-27(24,25)22-14(23)7-4-11(17)13(12(18)5-7)26-8-2-3-10(16)9(6-8)15(19,20)21/h2-6H,1H3,(H,22,23). The third-order valence-electron chi connectivity index (χ3n) is 3.00. The Balaban J connectivity index is 2.37. The van der Waals surface area contributed by atoms with Crippen LogP contribution in [0.3, 0.4) is 0 Å². The highest BCUT2D eigenvalue weighted by Gasteiger charge is 2.33. The highest BCUT2D eigenvalue weighted by atomic mass is 35.5. The van der Waals surface area contributed by atoms with Crippen molar-refractivity contribution in [2.75, 3.05) is 6.26 Å². The molecule has 2 aromatic carbocycles. The van der Waals surface area contributed by atoms with E-state index in [0.717, 1.165) is 12.1 Å². The maximum Gasteiger partial charge on any atom is 0.417 e. The third kappa shape index (κ3) is 5.30. The molecule has 5 nitrogen and oxygen atoms in total. The zero-order valence-corrected chi connectivity index (χ0v) is 14.8. The van der Waals surface area contributed by atoms with Crippen LogP contribution in [-0.4, -0.2) is 20.6 Å². The first-order chi connectivity index (χ1) is 12.3. The Hall–Kier alpha value is -2.40. The summed E-state index contributed by atoms with van der Waals surface area (Å²) in [5.74, 6) is -5.80. The van der Waals surface area contributed by atoms with Crippen LogP contribution in [0.5, 0.6) is 11.5 Å². The topological polar surface area (TPSA) is 72.5 Å². The molecule has 0 spiro atoms. The minimum Gasteiger partial charge on any atom is -0.451 e. The molecule has 146 valence electrons. The smallest absolute Gasteiger partial charge is 0.417 e. The lowest BCUT2D eigenvalue weighted by Gasteiger charge is -2.13. The molecule has 0 bridgehead atoms. The molecule has 0 saturated carbocycles. The van der Waals surface area contributed by atoms with Gasteiger partial charge in [-0.15, -0.1) is 0 Å². The van der Waals surface area contributed by atoms with E-state index in [2.05, 4.69) is 0 Å². The molecule has 2 aromatic rings. The van der Waals surface area contributed by atoms with E-state index in [0.29, 0.717) is 24.5 Å². The van der Waals surface area contributed by atoms with Gasteiger partial charge in [0.05, 0.1) is 16.8 Å². The molecule has 2 rings (SSSR count). The van der Waals surface area contributed by atoms with Gasteiger partial charge in [0.1, 0.15) is 5.75 Å². The predicted molar refractivity (Wildman–Crippen MR) is 85.2 cm³/mol. The molecule has 0 unspecified atom stereocenters. The van der Waals surface area contributed by atoms with Crippen molar-refractivity contribution in [1.29, 1.82) is 0 Å². The van der Waals surface area contributed by atoms with E-state index >= 15 is 0 Å². The Morgan fingerprint density at radius 2 is 1.67 bits per heavy atom. The molecule has 0 aromatic heterocycles. The molecule has 0 atom stereocenters. The van der Waals surface area contributed by atoms with Crippen LogP contribution in [0.4, 0.5) is 22.0 Å². The number of amides is 1. The number of nitrogens with one attached hydrogen (secondary N) is 1. The van der Waals surface area contributed by atoms with Gasteiger partial charge in [0, 0.05) is 5.56 Å². The Morgan fingerprint density at radius 3 is 2.15 bits per heavy atom. The van der Waals surface area contributed by atoms with Crippen LogP contribution in [0, 0.1) is 11.6 Å². The molecule has 0 aliphatic heterocycles. The van der Waals surface area contributed by atoms with Crippen LogP contribution >= 0.6 is 11.6 Å². The number of ether oxygens (including phenoxy) is 1. The number of halogens is 6. The summed E-state index contributed by atoms with van der Waals surface area (Å²) in [5, 5.41) is -0.636. The summed E-state index contributed by atoms with van der Waals surface area (Å²) in [7, 11) is -3.97. The average molecular weight is 430 g/mol. The minimum atomic E-state index is -4.82. The van der Waals surface area contributed by atoms with Crippen molar-refractivity contribution >= 4 is 27.5 Å². The third-order valence-corrected chi connectivity index (χ3v) is 3.89. The molecule has 0 aliphatic rings. The molecular formula is C15H9ClF5NO4S. The highest BCUT2D eigenvalue weighted by Crippen LogP contribution is 2.38. The second-order valence-corrected chi connectivity index (χ2v) is 7.37. The van der Waals surface area contributed by atoms with E-state index in [1.807, 2.05) is 0 Å². The van der Waals surface area contributed by atoms with Crippen LogP contribution in [0.15, 0.2) is 30.3 Å². The summed E-state index contributed by atoms with van der Waals surface area (Å²) in [6.45, 7) is 0. The fourth-order valence-electron chi connectivity index (χ4n) is 1.92. The van der Waals surface area contributed by atoms with Gasteiger partial charge in [-0.05, 0) is 30.3 Å². The van der Waals surface area contributed by atoms with Crippen molar-refractivity contribution in [1.82, 2.24) is 4.72 Å². The molecule has 12 heteroatoms. The van der Waals surface area contributed by atoms with E-state index in [-0.39, 0.29) is 0 Å². The molecule has 27 heavy (non-hydrogen) atoms. The van der Waals surface area contributed by atoms with Crippen molar-refractivity contribution < 1.29 is 39.9 Å². The van der Waals surface area contributed by atoms with Gasteiger partial charge < -0.3 is 4.74 Å². The SMILES string of the molecule is CS(=O)(=O)NC(=O)c1cc(F)c(Oc2ccc(Cl)c(C(F)(F)F)c2)c(F)c1. The van der Waals surface area contributed by atoms with Crippen LogP contribution in [-0.2, 0) is 16.2 Å². The fourth-order valence-corrected chi connectivity index (χ4v) is 2.60. The van der Waals surface area contributed by atoms with Crippen molar-refractivity contribution in [3.8, 4) is 11.5 Å². The van der Waals surface area contributed by atoms with E-state index in [1.165, 1.54) is 4.72 Å². The summed E-state index contributed by atoms with van der Waals surface area (Å²) in [5.41, 5.74) is -1.94. The molecule has 0 fully saturated rings. The van der Waals surface area contributed by atoms with Crippen LogP contribution < -0.4 is 9.46 Å². The monoisotopic (exact) mass is 429 g/mol. The number of benzene rings is 2. The molecule has 0 aliphatic carbocycles. The number of hydrogen-bond donors (Lipinski definition) is 1. The summed E-state index contributed by atoms with van der Waals surface area (Å²) in [6, 6.07) is 3.19. The van der Waals surface area contributed by atoms with Crippen LogP contribution in [0.1, 0.15) is 15.9 Å². The largest absolute Gasteiger partial charge is 0.451 e. The Bertz CT molecular complexity index is 985. The van der Waals surface area contributed by atoms with Gasteiger partial charge in [0.15, 0.2) is 17.4 Å². The predicted octanol–water partition coefficient (Wildman–Crippen LogP) is 4.12. The van der Waals surface area contributed by atoms with Gasteiger partial charge in [-0.1, -0.05) is 11.6 Å². The molecular weight excluding hydrogens is 421 g/mol. The number of carbonyl (C=O) groups is 1. The Labute approximate surface area is 154 Å². The first-order valence-corrected chi connectivity index (χ1v) is 9.10. The zero-order chi connectivity index (χ0) is 20.6. The maximum atomic E-state index is 14.1. The van der Waals surface area contributed by atoms with Gasteiger partial charge >= 0.3 is 6.18 Å². The van der Waals surface area contributed by atoms with E-state index in [1.54, 1.807) is 0 Å². The zero-order valence-electron chi connectivity index (χ0n) is 13.2. The van der Waals surface area contributed by atoms with E-state index < -0.39 is 61.4 Å². The molecule has 0 heterocycles. The number of sulfonamides is 1. The van der Waals surface area contributed by atoms with Crippen molar-refractivity contribution in [2.45, 2.75) is 6.18 Å². The van der Waals surface area contributed by atoms with Crippen molar-refractivity contribution in [3.63, 3.8) is 0 Å². The second kappa shape index (κ2) is 7.31. The lowest BCUT2D eigenvalue weighted by molar-refractivity contribution is -0.137. The number of rotatable bonds is 4. The quantitative estimate of drug-likeness (QED) is 0.742. The summed E-state index contributed by atoms with van der Waals surface area (Å²) in [6.07, 6.45) is -4.16. The van der Waals surface area contributed by atoms with Gasteiger partial charge in [0.2, 0.25) is 10.0 Å². The lowest BCUT2D eigenvalue weighted by atomic mass is 10.2. The molecule has 0 saturated heterocycles. The van der Waals surface area contributed by atoms with Crippen molar-refractivity contribution in [3.05, 3.63) is 58.1 Å². The van der Waals surface area contributed by atoms with Crippen LogP contribution in [0.2, 0.25) is 5.02 Å². The molecule has 1 N–H and O–H groups in total. The van der Waals surface area contributed by atoms with E-state index in [4.69, 9.17) is 16.3 Å². The van der Waals surface area contributed by atoms with E-state index in [9.17, 15) is 35.2 Å². The summed E-state index contributed by atoms with van der Waals surface area (Å²) >= 11 is 5.44. The van der Waals surface area contributed by atoms with Crippen molar-refractivity contribution in [2.24, 2.45) is 0 Å². The summed E-state index contributed by atoms with van der Waals surface area (Å²) in [4.78, 5) is 11.6. The lowest BCUT2D eigenvalue weighted by Crippen LogP contribution is -2.29. The van der Waals surface area contributed by atoms with Gasteiger partial charge in [-0.3, -0.25) is 4.79 Å². The molecule has 1 amide bonds. The van der Waals surface area contributed by atoms with Gasteiger partial charge in [0.25, 0.3) is 5.91 Å². The Kier molecular flexibility index (Phi) is 5.66. The van der Waals surface area contributed by atoms with Gasteiger partial charge in [-0.2, -0.15) is 13.2 Å². The van der Waals surface area contributed by atoms with Gasteiger partial charge in [-0.25, -0.2) is 21.9 Å². The summed E-state index contributed by atoms with van der Waals surface area (Å²) < 4.78 is 94.9.